The van der Waals surface area contributed by atoms with Crippen LogP contribution < -0.4 is 9.80 Å². The molecule has 31 heavy (non-hydrogen) atoms. The first-order valence-corrected chi connectivity index (χ1v) is 9.27. The Morgan fingerprint density at radius 3 is 1.61 bits per heavy atom. The third-order valence-electron chi connectivity index (χ3n) is 4.71. The number of hydrogen-bond acceptors (Lipinski definition) is 5. The van der Waals surface area contributed by atoms with Crippen LogP contribution in [0, 0.1) is 10.1 Å². The van der Waals surface area contributed by atoms with E-state index in [1.807, 2.05) is 0 Å². The molecule has 152 valence electrons. The lowest BCUT2D eigenvalue weighted by Gasteiger charge is -2.33. The Balaban J connectivity index is 1.90. The minimum absolute atomic E-state index is 0.0829. The van der Waals surface area contributed by atoms with E-state index in [1.165, 1.54) is 18.2 Å². The van der Waals surface area contributed by atoms with E-state index < -0.39 is 22.8 Å². The first-order chi connectivity index (χ1) is 15.0. The van der Waals surface area contributed by atoms with Crippen molar-refractivity contribution in [2.24, 2.45) is 0 Å². The number of carbonyl (C=O) groups is 3. The summed E-state index contributed by atoms with van der Waals surface area (Å²) in [4.78, 5) is 52.2. The number of rotatable bonds is 4. The summed E-state index contributed by atoms with van der Waals surface area (Å²) >= 11 is 0. The van der Waals surface area contributed by atoms with Crippen LogP contribution in [0.25, 0.3) is 6.08 Å². The zero-order valence-corrected chi connectivity index (χ0v) is 16.0. The molecule has 1 saturated heterocycles. The highest BCUT2D eigenvalue weighted by Crippen LogP contribution is 2.30. The van der Waals surface area contributed by atoms with E-state index in [-0.39, 0.29) is 28.2 Å². The molecule has 0 radical (unpaired) electrons. The number of imide groups is 2. The average Bonchev–Trinajstić information content (AvgIpc) is 2.78. The molecule has 4 rings (SSSR count). The Hall–Kier alpha value is -4.59. The summed E-state index contributed by atoms with van der Waals surface area (Å²) in [5.74, 6) is -1.71. The molecule has 3 aromatic rings. The number of urea groups is 1. The molecule has 1 aliphatic rings. The zero-order valence-electron chi connectivity index (χ0n) is 16.0. The number of benzene rings is 3. The van der Waals surface area contributed by atoms with Crippen molar-refractivity contribution in [3.63, 3.8) is 0 Å². The zero-order chi connectivity index (χ0) is 22.0. The molecule has 8 nitrogen and oxygen atoms in total. The molecule has 3 aromatic carbocycles. The van der Waals surface area contributed by atoms with E-state index in [0.717, 1.165) is 15.9 Å². The van der Waals surface area contributed by atoms with E-state index in [1.54, 1.807) is 66.7 Å². The maximum Gasteiger partial charge on any atom is 0.343 e. The van der Waals surface area contributed by atoms with Gasteiger partial charge in [-0.05, 0) is 36.4 Å². The van der Waals surface area contributed by atoms with Crippen LogP contribution >= 0.6 is 0 Å². The molecule has 0 saturated carbocycles. The molecule has 0 aromatic heterocycles. The molecule has 0 bridgehead atoms. The topological polar surface area (TPSA) is 101 Å². The van der Waals surface area contributed by atoms with Gasteiger partial charge in [-0.15, -0.1) is 0 Å². The fourth-order valence-electron chi connectivity index (χ4n) is 3.27. The van der Waals surface area contributed by atoms with Crippen LogP contribution in [0.2, 0.25) is 0 Å². The van der Waals surface area contributed by atoms with Crippen LogP contribution in [0.3, 0.4) is 0 Å². The number of amides is 4. The van der Waals surface area contributed by atoms with Crippen LogP contribution in [-0.4, -0.2) is 22.8 Å². The first-order valence-electron chi connectivity index (χ1n) is 9.27. The van der Waals surface area contributed by atoms with Crippen molar-refractivity contribution in [1.29, 1.82) is 0 Å². The summed E-state index contributed by atoms with van der Waals surface area (Å²) in [5, 5.41) is 11.4. The van der Waals surface area contributed by atoms with E-state index >= 15 is 0 Å². The van der Waals surface area contributed by atoms with E-state index in [0.29, 0.717) is 0 Å². The van der Waals surface area contributed by atoms with Crippen molar-refractivity contribution in [3.8, 4) is 0 Å². The summed E-state index contributed by atoms with van der Waals surface area (Å²) in [5.41, 5.74) is 0.0185. The fourth-order valence-corrected chi connectivity index (χ4v) is 3.27. The predicted molar refractivity (Wildman–Crippen MR) is 114 cm³/mol. The molecule has 4 amide bonds. The second-order valence-corrected chi connectivity index (χ2v) is 6.61. The smallest absolute Gasteiger partial charge is 0.268 e. The van der Waals surface area contributed by atoms with Crippen LogP contribution in [0.5, 0.6) is 0 Å². The summed E-state index contributed by atoms with van der Waals surface area (Å²) in [7, 11) is 0. The molecule has 1 fully saturated rings. The van der Waals surface area contributed by atoms with Gasteiger partial charge in [-0.1, -0.05) is 48.5 Å². The Bertz CT molecular complexity index is 1160. The molecular formula is C23H15N3O5. The molecular weight excluding hydrogens is 398 g/mol. The van der Waals surface area contributed by atoms with Gasteiger partial charge < -0.3 is 0 Å². The van der Waals surface area contributed by atoms with Crippen LogP contribution in [-0.2, 0) is 9.59 Å². The number of hydrogen-bond donors (Lipinski definition) is 0. The Labute approximate surface area is 176 Å². The molecule has 8 heteroatoms. The maximum absolute atomic E-state index is 13.2. The van der Waals surface area contributed by atoms with E-state index in [4.69, 9.17) is 0 Å². The third-order valence-corrected chi connectivity index (χ3v) is 4.71. The Kier molecular flexibility index (Phi) is 5.11. The summed E-state index contributed by atoms with van der Waals surface area (Å²) in [6.07, 6.45) is 1.15. The second kappa shape index (κ2) is 8.03. The fraction of sp³-hybridized carbons (Fsp3) is 0. The molecule has 0 atom stereocenters. The van der Waals surface area contributed by atoms with Gasteiger partial charge in [0.25, 0.3) is 17.5 Å². The highest BCUT2D eigenvalue weighted by Gasteiger charge is 2.43. The minimum Gasteiger partial charge on any atom is -0.268 e. The number of carbonyl (C=O) groups excluding carboxylic acids is 3. The van der Waals surface area contributed by atoms with Crippen molar-refractivity contribution in [3.05, 3.63) is 106 Å². The van der Waals surface area contributed by atoms with Gasteiger partial charge in [0.15, 0.2) is 0 Å². The number of para-hydroxylation sites is 3. The van der Waals surface area contributed by atoms with Gasteiger partial charge in [-0.25, -0.2) is 14.6 Å². The normalized spacial score (nSPS) is 14.1. The SMILES string of the molecule is O=C1C(=Cc2ccccc2[N+](=O)[O-])C(=O)N(c2ccccc2)C(=O)N1c1ccccc1. The van der Waals surface area contributed by atoms with Gasteiger partial charge >= 0.3 is 6.03 Å². The Morgan fingerprint density at radius 1 is 0.677 bits per heavy atom. The summed E-state index contributed by atoms with van der Waals surface area (Å²) in [6, 6.07) is 21.3. The van der Waals surface area contributed by atoms with Gasteiger partial charge in [0, 0.05) is 6.07 Å². The van der Waals surface area contributed by atoms with Crippen molar-refractivity contribution >= 4 is 41.0 Å². The van der Waals surface area contributed by atoms with Gasteiger partial charge in [0.2, 0.25) is 0 Å². The van der Waals surface area contributed by atoms with Crippen molar-refractivity contribution in [1.82, 2.24) is 0 Å². The van der Waals surface area contributed by atoms with Crippen molar-refractivity contribution in [2.45, 2.75) is 0 Å². The van der Waals surface area contributed by atoms with Crippen molar-refractivity contribution in [2.75, 3.05) is 9.80 Å². The van der Waals surface area contributed by atoms with Crippen LogP contribution in [0.15, 0.2) is 90.5 Å². The number of anilines is 2. The molecule has 0 unspecified atom stereocenters. The number of nitrogens with zero attached hydrogens (tertiary/aromatic N) is 3. The Morgan fingerprint density at radius 2 is 1.13 bits per heavy atom. The molecule has 0 N–H and O–H groups in total. The lowest BCUT2D eigenvalue weighted by Crippen LogP contribution is -2.57. The largest absolute Gasteiger partial charge is 0.343 e. The first kappa shape index (κ1) is 19.7. The highest BCUT2D eigenvalue weighted by atomic mass is 16.6. The van der Waals surface area contributed by atoms with E-state index in [9.17, 15) is 24.5 Å². The number of barbiturate groups is 1. The molecule has 1 aliphatic heterocycles. The lowest BCUT2D eigenvalue weighted by atomic mass is 10.0. The second-order valence-electron chi connectivity index (χ2n) is 6.61. The molecule has 0 spiro atoms. The lowest BCUT2D eigenvalue weighted by molar-refractivity contribution is -0.385. The molecule has 0 aliphatic carbocycles. The summed E-state index contributed by atoms with van der Waals surface area (Å²) < 4.78 is 0. The van der Waals surface area contributed by atoms with Crippen LogP contribution in [0.1, 0.15) is 5.56 Å². The van der Waals surface area contributed by atoms with Gasteiger partial charge in [-0.3, -0.25) is 19.7 Å². The quantitative estimate of drug-likeness (QED) is 0.276. The van der Waals surface area contributed by atoms with Gasteiger partial charge in [0.05, 0.1) is 21.9 Å². The molecule has 1 heterocycles. The van der Waals surface area contributed by atoms with Crippen molar-refractivity contribution < 1.29 is 19.3 Å². The number of nitro benzene ring substituents is 1. The van der Waals surface area contributed by atoms with Gasteiger partial charge in [-0.2, -0.15) is 0 Å². The highest BCUT2D eigenvalue weighted by molar-refractivity contribution is 6.46. The minimum atomic E-state index is -0.855. The summed E-state index contributed by atoms with van der Waals surface area (Å²) in [6.45, 7) is 0. The maximum atomic E-state index is 13.2. The van der Waals surface area contributed by atoms with E-state index in [2.05, 4.69) is 0 Å². The predicted octanol–water partition coefficient (Wildman–Crippen LogP) is 4.18. The van der Waals surface area contributed by atoms with Gasteiger partial charge in [0.1, 0.15) is 5.57 Å². The number of nitro groups is 1. The standard InChI is InChI=1S/C23H15N3O5/c27-21-19(15-16-9-7-8-14-20(16)26(30)31)22(28)25(18-12-5-2-6-13-18)23(29)24(21)17-10-3-1-4-11-17/h1-15H. The van der Waals surface area contributed by atoms with Crippen LogP contribution in [0.4, 0.5) is 21.9 Å². The third kappa shape index (κ3) is 3.58. The average molecular weight is 413 g/mol. The monoisotopic (exact) mass is 413 g/mol.